The molecular formula is C22H28N4O2S2. The average Bonchev–Trinajstić information content (AvgIpc) is 3.13. The minimum absolute atomic E-state index is 0.0539. The minimum atomic E-state index is -0.190. The molecule has 0 spiro atoms. The zero-order valence-corrected chi connectivity index (χ0v) is 19.0. The first kappa shape index (κ1) is 20.1. The van der Waals surface area contributed by atoms with Crippen molar-refractivity contribution in [2.24, 2.45) is 17.8 Å². The van der Waals surface area contributed by atoms with Gasteiger partial charge in [-0.3, -0.25) is 4.79 Å². The normalized spacial score (nSPS) is 30.1. The molecule has 0 saturated heterocycles. The number of methoxy groups -OCH3 is 1. The van der Waals surface area contributed by atoms with Crippen LogP contribution in [0, 0.1) is 17.8 Å². The third-order valence-corrected chi connectivity index (χ3v) is 8.85. The number of hydrogen-bond donors (Lipinski definition) is 2. The lowest BCUT2D eigenvalue weighted by atomic mass is 9.53. The van der Waals surface area contributed by atoms with Gasteiger partial charge in [0.2, 0.25) is 11.0 Å². The van der Waals surface area contributed by atoms with Gasteiger partial charge in [0.15, 0.2) is 4.34 Å². The third kappa shape index (κ3) is 4.04. The molecule has 4 aliphatic carbocycles. The molecule has 30 heavy (non-hydrogen) atoms. The Morgan fingerprint density at radius 2 is 1.83 bits per heavy atom. The summed E-state index contributed by atoms with van der Waals surface area (Å²) in [5.74, 6) is 3.37. The summed E-state index contributed by atoms with van der Waals surface area (Å²) in [6.45, 7) is 1.97. The van der Waals surface area contributed by atoms with Gasteiger partial charge in [-0.2, -0.15) is 0 Å². The summed E-state index contributed by atoms with van der Waals surface area (Å²) >= 11 is 2.94. The van der Waals surface area contributed by atoms with E-state index in [9.17, 15) is 4.79 Å². The zero-order chi connectivity index (χ0) is 20.7. The standard InChI is InChI=1S/C22H28N4O2S2/c1-13(19(27)24-22-10-14-7-15(11-22)9-16(8-14)12-22)29-21-26-25-20(30-21)23-17-5-3-4-6-18(17)28-2/h3-6,13-16H,7-12H2,1-2H3,(H,23,25)(H,24,27). The fourth-order valence-electron chi connectivity index (χ4n) is 6.00. The Kier molecular flexibility index (Phi) is 5.39. The number of hydrogen-bond acceptors (Lipinski definition) is 7. The quantitative estimate of drug-likeness (QED) is 0.594. The Labute approximate surface area is 185 Å². The second-order valence-electron chi connectivity index (χ2n) is 9.15. The molecule has 2 aromatic rings. The first-order chi connectivity index (χ1) is 14.5. The zero-order valence-electron chi connectivity index (χ0n) is 17.4. The molecule has 1 aromatic carbocycles. The number of para-hydroxylation sites is 2. The van der Waals surface area contributed by atoms with E-state index in [0.29, 0.717) is 5.13 Å². The van der Waals surface area contributed by atoms with Gasteiger partial charge in [-0.05, 0) is 75.3 Å². The molecule has 6 nitrogen and oxygen atoms in total. The van der Waals surface area contributed by atoms with Crippen LogP contribution in [-0.4, -0.2) is 34.0 Å². The molecule has 4 saturated carbocycles. The highest BCUT2D eigenvalue weighted by Crippen LogP contribution is 2.55. The fourth-order valence-corrected chi connectivity index (χ4v) is 7.91. The highest BCUT2D eigenvalue weighted by atomic mass is 32.2. The van der Waals surface area contributed by atoms with Crippen LogP contribution in [0.4, 0.5) is 10.8 Å². The Morgan fingerprint density at radius 3 is 2.50 bits per heavy atom. The average molecular weight is 445 g/mol. The maximum absolute atomic E-state index is 13.0. The van der Waals surface area contributed by atoms with Crippen molar-refractivity contribution >= 4 is 39.8 Å². The van der Waals surface area contributed by atoms with Gasteiger partial charge in [0.1, 0.15) is 5.75 Å². The van der Waals surface area contributed by atoms with E-state index in [1.54, 1.807) is 7.11 Å². The lowest BCUT2D eigenvalue weighted by molar-refractivity contribution is -0.126. The van der Waals surface area contributed by atoms with Gasteiger partial charge in [0, 0.05) is 5.54 Å². The Hall–Kier alpha value is -1.80. The van der Waals surface area contributed by atoms with Gasteiger partial charge in [0.05, 0.1) is 18.0 Å². The van der Waals surface area contributed by atoms with E-state index in [0.717, 1.165) is 33.5 Å². The smallest absolute Gasteiger partial charge is 0.233 e. The van der Waals surface area contributed by atoms with Crippen molar-refractivity contribution in [3.63, 3.8) is 0 Å². The van der Waals surface area contributed by atoms with Crippen LogP contribution >= 0.6 is 23.1 Å². The van der Waals surface area contributed by atoms with Gasteiger partial charge in [-0.1, -0.05) is 35.2 Å². The molecule has 1 heterocycles. The monoisotopic (exact) mass is 444 g/mol. The number of thioether (sulfide) groups is 1. The summed E-state index contributed by atoms with van der Waals surface area (Å²) < 4.78 is 6.16. The molecular weight excluding hydrogens is 416 g/mol. The van der Waals surface area contributed by atoms with Gasteiger partial charge >= 0.3 is 0 Å². The number of ether oxygens (including phenoxy) is 1. The van der Waals surface area contributed by atoms with Gasteiger partial charge < -0.3 is 15.4 Å². The molecule has 2 N–H and O–H groups in total. The summed E-state index contributed by atoms with van der Waals surface area (Å²) in [6, 6.07) is 7.71. The lowest BCUT2D eigenvalue weighted by Gasteiger charge is -2.57. The van der Waals surface area contributed by atoms with Crippen LogP contribution in [0.15, 0.2) is 28.6 Å². The van der Waals surface area contributed by atoms with Gasteiger partial charge in [-0.25, -0.2) is 0 Å². The summed E-state index contributed by atoms with van der Waals surface area (Å²) in [5.41, 5.74) is 0.901. The number of anilines is 2. The van der Waals surface area contributed by atoms with Crippen molar-refractivity contribution in [1.82, 2.24) is 15.5 Å². The Balaban J connectivity index is 1.20. The topological polar surface area (TPSA) is 76.1 Å². The van der Waals surface area contributed by atoms with Gasteiger partial charge in [0.25, 0.3) is 0 Å². The maximum atomic E-state index is 13.0. The molecule has 1 amide bonds. The minimum Gasteiger partial charge on any atom is -0.495 e. The number of amides is 1. The molecule has 1 atom stereocenters. The number of carbonyl (C=O) groups excluding carboxylic acids is 1. The van der Waals surface area contributed by atoms with Crippen LogP contribution < -0.4 is 15.4 Å². The van der Waals surface area contributed by atoms with Crippen molar-refractivity contribution in [3.05, 3.63) is 24.3 Å². The van der Waals surface area contributed by atoms with Crippen molar-refractivity contribution in [2.45, 2.75) is 60.6 Å². The largest absolute Gasteiger partial charge is 0.495 e. The molecule has 4 bridgehead atoms. The SMILES string of the molecule is COc1ccccc1Nc1nnc(SC(C)C(=O)NC23CC4CC(CC(C4)C2)C3)s1. The fraction of sp³-hybridized carbons (Fsp3) is 0.591. The third-order valence-electron chi connectivity index (χ3n) is 6.83. The van der Waals surface area contributed by atoms with Crippen LogP contribution in [0.25, 0.3) is 0 Å². The van der Waals surface area contributed by atoms with Crippen LogP contribution in [0.1, 0.15) is 45.4 Å². The highest BCUT2D eigenvalue weighted by Gasteiger charge is 2.51. The molecule has 1 aromatic heterocycles. The summed E-state index contributed by atoms with van der Waals surface area (Å²) in [5, 5.41) is 15.7. The maximum Gasteiger partial charge on any atom is 0.233 e. The van der Waals surface area contributed by atoms with E-state index in [1.165, 1.54) is 61.6 Å². The van der Waals surface area contributed by atoms with Crippen LogP contribution in [-0.2, 0) is 4.79 Å². The highest BCUT2D eigenvalue weighted by molar-refractivity contribution is 8.02. The molecule has 4 fully saturated rings. The van der Waals surface area contributed by atoms with Crippen molar-refractivity contribution in [3.8, 4) is 5.75 Å². The van der Waals surface area contributed by atoms with E-state index in [4.69, 9.17) is 4.74 Å². The molecule has 4 aliphatic rings. The summed E-state index contributed by atoms with van der Waals surface area (Å²) in [4.78, 5) is 13.0. The number of carbonyl (C=O) groups is 1. The predicted molar refractivity (Wildman–Crippen MR) is 121 cm³/mol. The van der Waals surface area contributed by atoms with E-state index in [-0.39, 0.29) is 16.7 Å². The molecule has 0 radical (unpaired) electrons. The Bertz CT molecular complexity index is 896. The number of benzene rings is 1. The van der Waals surface area contributed by atoms with E-state index >= 15 is 0 Å². The first-order valence-electron chi connectivity index (χ1n) is 10.7. The van der Waals surface area contributed by atoms with Crippen LogP contribution in [0.5, 0.6) is 5.75 Å². The van der Waals surface area contributed by atoms with Gasteiger partial charge in [-0.15, -0.1) is 10.2 Å². The van der Waals surface area contributed by atoms with Crippen molar-refractivity contribution < 1.29 is 9.53 Å². The van der Waals surface area contributed by atoms with Crippen LogP contribution in [0.3, 0.4) is 0 Å². The molecule has 8 heteroatoms. The van der Waals surface area contributed by atoms with E-state index in [1.807, 2.05) is 31.2 Å². The number of nitrogens with zero attached hydrogens (tertiary/aromatic N) is 2. The molecule has 6 rings (SSSR count). The van der Waals surface area contributed by atoms with Crippen molar-refractivity contribution in [1.29, 1.82) is 0 Å². The molecule has 0 aliphatic heterocycles. The summed E-state index contributed by atoms with van der Waals surface area (Å²) in [6.07, 6.45) is 7.67. The number of nitrogens with one attached hydrogen (secondary N) is 2. The number of rotatable bonds is 7. The van der Waals surface area contributed by atoms with Crippen LogP contribution in [0.2, 0.25) is 0 Å². The molecule has 1 unspecified atom stereocenters. The second-order valence-corrected chi connectivity index (χ2v) is 11.7. The molecule has 160 valence electrons. The van der Waals surface area contributed by atoms with E-state index in [2.05, 4.69) is 20.8 Å². The Morgan fingerprint density at radius 1 is 1.17 bits per heavy atom. The lowest BCUT2D eigenvalue weighted by Crippen LogP contribution is -2.60. The summed E-state index contributed by atoms with van der Waals surface area (Å²) in [7, 11) is 1.64. The predicted octanol–water partition coefficient (Wildman–Crippen LogP) is 4.86. The number of aromatic nitrogens is 2. The second kappa shape index (κ2) is 8.04. The first-order valence-corrected chi connectivity index (χ1v) is 12.4. The van der Waals surface area contributed by atoms with Crippen molar-refractivity contribution in [2.75, 3.05) is 12.4 Å². The van der Waals surface area contributed by atoms with E-state index < -0.39 is 0 Å².